The van der Waals surface area contributed by atoms with E-state index in [0.717, 1.165) is 23.1 Å². The fourth-order valence-corrected chi connectivity index (χ4v) is 1.27. The Labute approximate surface area is 82.0 Å². The molecule has 0 aliphatic carbocycles. The van der Waals surface area contributed by atoms with E-state index in [1.165, 1.54) is 0 Å². The highest BCUT2D eigenvalue weighted by molar-refractivity contribution is 5.76. The Balaban J connectivity index is 2.25. The van der Waals surface area contributed by atoms with Gasteiger partial charge in [0.15, 0.2) is 0 Å². The molecule has 0 unspecified atom stereocenters. The molecule has 0 radical (unpaired) electrons. The van der Waals surface area contributed by atoms with E-state index in [9.17, 15) is 0 Å². The summed E-state index contributed by atoms with van der Waals surface area (Å²) in [5.74, 6) is 0. The Morgan fingerprint density at radius 2 is 2.21 bits per heavy atom. The summed E-state index contributed by atoms with van der Waals surface area (Å²) in [6.45, 7) is 0.872. The van der Waals surface area contributed by atoms with E-state index in [4.69, 9.17) is 0 Å². The largest absolute Gasteiger partial charge is 0.316 e. The highest BCUT2D eigenvalue weighted by atomic mass is 15.3. The highest BCUT2D eigenvalue weighted by Crippen LogP contribution is 2.11. The van der Waals surface area contributed by atoms with Crippen molar-refractivity contribution in [1.29, 1.82) is 0 Å². The molecule has 4 heteroatoms. The van der Waals surface area contributed by atoms with Gasteiger partial charge in [-0.05, 0) is 24.7 Å². The molecular formula is C10H12N4. The summed E-state index contributed by atoms with van der Waals surface area (Å²) in [4.78, 5) is 0. The number of likely N-dealkylation sites (N-methyl/N-ethyl adjacent to an activating group) is 1. The summed E-state index contributed by atoms with van der Waals surface area (Å²) in [5, 5.41) is 13.7. The highest BCUT2D eigenvalue weighted by Gasteiger charge is 1.96. The zero-order valence-electron chi connectivity index (χ0n) is 7.99. The van der Waals surface area contributed by atoms with Gasteiger partial charge < -0.3 is 5.32 Å². The molecule has 1 aromatic carbocycles. The number of nitrogens with zero attached hydrogens (tertiary/aromatic N) is 2. The Bertz CT molecular complexity index is 444. The molecule has 0 saturated carbocycles. The topological polar surface area (TPSA) is 53.6 Å². The Kier molecular flexibility index (Phi) is 2.55. The molecule has 0 fully saturated rings. The third-order valence-corrected chi connectivity index (χ3v) is 1.97. The minimum atomic E-state index is 0.872. The summed E-state index contributed by atoms with van der Waals surface area (Å²) in [6.07, 6.45) is 4.13. The second-order valence-electron chi connectivity index (χ2n) is 3.03. The zero-order chi connectivity index (χ0) is 9.80. The van der Waals surface area contributed by atoms with E-state index in [1.807, 2.05) is 25.2 Å². The fourth-order valence-electron chi connectivity index (χ4n) is 1.27. The number of fused-ring (bicyclic) bond motifs is 1. The first-order valence-electron chi connectivity index (χ1n) is 4.52. The van der Waals surface area contributed by atoms with Gasteiger partial charge >= 0.3 is 0 Å². The van der Waals surface area contributed by atoms with Gasteiger partial charge in [0, 0.05) is 6.54 Å². The van der Waals surface area contributed by atoms with Crippen LogP contribution in [0.25, 0.3) is 17.1 Å². The van der Waals surface area contributed by atoms with Crippen LogP contribution in [0.3, 0.4) is 0 Å². The smallest absolute Gasteiger partial charge is 0.113 e. The molecule has 72 valence electrons. The van der Waals surface area contributed by atoms with E-state index >= 15 is 0 Å². The molecule has 0 spiro atoms. The third kappa shape index (κ3) is 1.80. The number of benzene rings is 1. The Hall–Kier alpha value is -1.68. The molecule has 0 amide bonds. The van der Waals surface area contributed by atoms with E-state index in [-0.39, 0.29) is 0 Å². The first kappa shape index (κ1) is 8.90. The van der Waals surface area contributed by atoms with Crippen molar-refractivity contribution in [2.45, 2.75) is 0 Å². The van der Waals surface area contributed by atoms with Gasteiger partial charge in [-0.1, -0.05) is 18.2 Å². The van der Waals surface area contributed by atoms with Crippen LogP contribution in [0.15, 0.2) is 24.3 Å². The molecular weight excluding hydrogens is 176 g/mol. The third-order valence-electron chi connectivity index (χ3n) is 1.97. The van der Waals surface area contributed by atoms with E-state index in [1.54, 1.807) is 0 Å². The monoisotopic (exact) mass is 188 g/mol. The normalized spacial score (nSPS) is 11.5. The number of hydrogen-bond donors (Lipinski definition) is 2. The lowest BCUT2D eigenvalue weighted by Gasteiger charge is -1.92. The summed E-state index contributed by atoms with van der Waals surface area (Å²) in [7, 11) is 1.92. The van der Waals surface area contributed by atoms with E-state index in [0.29, 0.717) is 0 Å². The van der Waals surface area contributed by atoms with Crippen molar-refractivity contribution in [3.8, 4) is 0 Å². The SMILES string of the molecule is CNCC=Cc1ccc2n[nH]nc2c1. The molecule has 0 aliphatic heterocycles. The summed E-state index contributed by atoms with van der Waals surface area (Å²) in [5.41, 5.74) is 2.94. The standard InChI is InChI=1S/C10H12N4/c1-11-6-2-3-8-4-5-9-10(7-8)13-14-12-9/h2-5,7,11H,6H2,1H3,(H,12,13,14). The van der Waals surface area contributed by atoms with Crippen molar-refractivity contribution >= 4 is 17.1 Å². The predicted octanol–water partition coefficient (Wildman–Crippen LogP) is 1.19. The van der Waals surface area contributed by atoms with Gasteiger partial charge in [0.25, 0.3) is 0 Å². The molecule has 4 nitrogen and oxygen atoms in total. The number of hydrogen-bond acceptors (Lipinski definition) is 3. The molecule has 0 bridgehead atoms. The average Bonchev–Trinajstić information content (AvgIpc) is 2.65. The quantitative estimate of drug-likeness (QED) is 0.760. The van der Waals surface area contributed by atoms with Gasteiger partial charge in [0.1, 0.15) is 11.0 Å². The van der Waals surface area contributed by atoms with Crippen LogP contribution in [0.2, 0.25) is 0 Å². The fraction of sp³-hybridized carbons (Fsp3) is 0.200. The molecule has 2 rings (SSSR count). The van der Waals surface area contributed by atoms with Crippen LogP contribution in [0, 0.1) is 0 Å². The molecule has 0 aliphatic rings. The van der Waals surface area contributed by atoms with Crippen molar-refractivity contribution in [1.82, 2.24) is 20.7 Å². The lowest BCUT2D eigenvalue weighted by Crippen LogP contribution is -2.03. The van der Waals surface area contributed by atoms with Crippen molar-refractivity contribution in [2.75, 3.05) is 13.6 Å². The lowest BCUT2D eigenvalue weighted by molar-refractivity contribution is 0.922. The number of aromatic nitrogens is 3. The van der Waals surface area contributed by atoms with Crippen LogP contribution in [0.4, 0.5) is 0 Å². The molecule has 0 atom stereocenters. The van der Waals surface area contributed by atoms with Crippen LogP contribution in [0.5, 0.6) is 0 Å². The lowest BCUT2D eigenvalue weighted by atomic mass is 10.2. The number of nitrogens with one attached hydrogen (secondary N) is 2. The minimum absolute atomic E-state index is 0.872. The molecule has 0 saturated heterocycles. The maximum Gasteiger partial charge on any atom is 0.113 e. The van der Waals surface area contributed by atoms with Gasteiger partial charge in [-0.3, -0.25) is 0 Å². The van der Waals surface area contributed by atoms with Crippen molar-refractivity contribution in [3.63, 3.8) is 0 Å². The number of aromatic amines is 1. The maximum absolute atomic E-state index is 4.02. The second-order valence-corrected chi connectivity index (χ2v) is 3.03. The molecule has 14 heavy (non-hydrogen) atoms. The van der Waals surface area contributed by atoms with E-state index in [2.05, 4.69) is 32.9 Å². The first-order valence-corrected chi connectivity index (χ1v) is 4.52. The van der Waals surface area contributed by atoms with Gasteiger partial charge in [-0.15, -0.1) is 0 Å². The minimum Gasteiger partial charge on any atom is -0.316 e. The van der Waals surface area contributed by atoms with E-state index < -0.39 is 0 Å². The van der Waals surface area contributed by atoms with Gasteiger partial charge in [0.05, 0.1) is 0 Å². The molecule has 1 heterocycles. The van der Waals surface area contributed by atoms with Crippen LogP contribution in [0.1, 0.15) is 5.56 Å². The van der Waals surface area contributed by atoms with Crippen molar-refractivity contribution < 1.29 is 0 Å². The summed E-state index contributed by atoms with van der Waals surface area (Å²) in [6, 6.07) is 5.99. The van der Waals surface area contributed by atoms with Gasteiger partial charge in [0.2, 0.25) is 0 Å². The van der Waals surface area contributed by atoms with Crippen molar-refractivity contribution in [2.24, 2.45) is 0 Å². The molecule has 2 aromatic rings. The summed E-state index contributed by atoms with van der Waals surface area (Å²) < 4.78 is 0. The van der Waals surface area contributed by atoms with Crippen LogP contribution >= 0.6 is 0 Å². The zero-order valence-corrected chi connectivity index (χ0v) is 7.99. The van der Waals surface area contributed by atoms with Crippen LogP contribution in [-0.2, 0) is 0 Å². The molecule has 2 N–H and O–H groups in total. The maximum atomic E-state index is 4.02. The van der Waals surface area contributed by atoms with Gasteiger partial charge in [-0.25, -0.2) is 0 Å². The first-order chi connectivity index (χ1) is 6.90. The average molecular weight is 188 g/mol. The molecule has 1 aromatic heterocycles. The predicted molar refractivity (Wildman–Crippen MR) is 56.8 cm³/mol. The second kappa shape index (κ2) is 4.02. The Morgan fingerprint density at radius 3 is 3.07 bits per heavy atom. The van der Waals surface area contributed by atoms with Crippen LogP contribution in [-0.4, -0.2) is 29.0 Å². The number of H-pyrrole nitrogens is 1. The number of rotatable bonds is 3. The summed E-state index contributed by atoms with van der Waals surface area (Å²) >= 11 is 0. The van der Waals surface area contributed by atoms with Gasteiger partial charge in [-0.2, -0.15) is 15.4 Å². The Morgan fingerprint density at radius 1 is 1.36 bits per heavy atom. The van der Waals surface area contributed by atoms with Crippen molar-refractivity contribution in [3.05, 3.63) is 29.8 Å². The van der Waals surface area contributed by atoms with Crippen LogP contribution < -0.4 is 5.32 Å².